The zero-order chi connectivity index (χ0) is 20.1. The molecule has 2 amide bonds. The van der Waals surface area contributed by atoms with Gasteiger partial charge in [0.2, 0.25) is 11.8 Å². The number of nitrogens with one attached hydrogen (secondary N) is 1. The molecule has 1 saturated heterocycles. The average Bonchev–Trinajstić information content (AvgIpc) is 3.03. The van der Waals surface area contributed by atoms with E-state index in [0.717, 1.165) is 30.1 Å². The summed E-state index contributed by atoms with van der Waals surface area (Å²) in [6.07, 6.45) is 0.916. The van der Waals surface area contributed by atoms with Crippen LogP contribution in [0.2, 0.25) is 0 Å². The van der Waals surface area contributed by atoms with Crippen LogP contribution in [0.1, 0.15) is 29.0 Å². The van der Waals surface area contributed by atoms with Crippen LogP contribution < -0.4 is 5.32 Å². The number of carbonyl (C=O) groups excluding carboxylic acids is 2. The summed E-state index contributed by atoms with van der Waals surface area (Å²) in [4.78, 5) is 29.3. The number of aromatic nitrogens is 1. The number of rotatable bonds is 6. The smallest absolute Gasteiger partial charge is 0.243 e. The van der Waals surface area contributed by atoms with E-state index in [-0.39, 0.29) is 11.8 Å². The van der Waals surface area contributed by atoms with Gasteiger partial charge in [-0.2, -0.15) is 0 Å². The van der Waals surface area contributed by atoms with Gasteiger partial charge in [-0.25, -0.2) is 0 Å². The molecule has 28 heavy (non-hydrogen) atoms. The molecule has 0 saturated carbocycles. The number of benzene rings is 1. The minimum atomic E-state index is -0.473. The molecule has 0 radical (unpaired) electrons. The Balaban J connectivity index is 1.64. The fourth-order valence-corrected chi connectivity index (χ4v) is 3.75. The van der Waals surface area contributed by atoms with Crippen LogP contribution in [0.25, 0.3) is 0 Å². The first kappa shape index (κ1) is 20.1. The third-order valence-corrected chi connectivity index (χ3v) is 5.35. The standard InChI is InChI=1S/C21H28N4O3/c1-15-18(16(2)28-23-15)9-10-20(26)25-12-11-24(14-19(25)21(27)22-3)13-17-7-5-4-6-8-17/h4-8,19H,9-14H2,1-3H3,(H,22,27). The summed E-state index contributed by atoms with van der Waals surface area (Å²) in [6, 6.07) is 9.71. The quantitative estimate of drug-likeness (QED) is 0.820. The third kappa shape index (κ3) is 4.59. The topological polar surface area (TPSA) is 78.7 Å². The molecule has 0 spiro atoms. The summed E-state index contributed by atoms with van der Waals surface area (Å²) in [6.45, 7) is 6.34. The highest BCUT2D eigenvalue weighted by Crippen LogP contribution is 2.18. The van der Waals surface area contributed by atoms with Crippen LogP contribution >= 0.6 is 0 Å². The lowest BCUT2D eigenvalue weighted by atomic mass is 10.1. The van der Waals surface area contributed by atoms with Crippen molar-refractivity contribution in [3.63, 3.8) is 0 Å². The minimum Gasteiger partial charge on any atom is -0.361 e. The Morgan fingerprint density at radius 1 is 1.21 bits per heavy atom. The molecule has 0 bridgehead atoms. The van der Waals surface area contributed by atoms with Crippen LogP contribution in [0, 0.1) is 13.8 Å². The van der Waals surface area contributed by atoms with Gasteiger partial charge in [-0.05, 0) is 25.8 Å². The van der Waals surface area contributed by atoms with E-state index in [0.29, 0.717) is 25.9 Å². The van der Waals surface area contributed by atoms with Crippen molar-refractivity contribution in [2.45, 2.75) is 39.3 Å². The monoisotopic (exact) mass is 384 g/mol. The second kappa shape index (κ2) is 9.01. The lowest BCUT2D eigenvalue weighted by Gasteiger charge is -2.40. The number of likely N-dealkylation sites (N-methyl/N-ethyl adjacent to an activating group) is 1. The fourth-order valence-electron chi connectivity index (χ4n) is 3.75. The number of aryl methyl sites for hydroxylation is 2. The van der Waals surface area contributed by atoms with Crippen LogP contribution in [-0.4, -0.2) is 59.5 Å². The molecule has 1 unspecified atom stereocenters. The fraction of sp³-hybridized carbons (Fsp3) is 0.476. The maximum absolute atomic E-state index is 12.9. The van der Waals surface area contributed by atoms with Crippen molar-refractivity contribution in [2.24, 2.45) is 0 Å². The van der Waals surface area contributed by atoms with Gasteiger partial charge in [-0.3, -0.25) is 14.5 Å². The van der Waals surface area contributed by atoms with E-state index >= 15 is 0 Å². The Morgan fingerprint density at radius 2 is 1.96 bits per heavy atom. The molecule has 1 aliphatic heterocycles. The van der Waals surface area contributed by atoms with E-state index < -0.39 is 6.04 Å². The van der Waals surface area contributed by atoms with Gasteiger partial charge in [0.05, 0.1) is 5.69 Å². The summed E-state index contributed by atoms with van der Waals surface area (Å²) in [7, 11) is 1.62. The number of carbonyl (C=O) groups is 2. The first-order chi connectivity index (χ1) is 13.5. The highest BCUT2D eigenvalue weighted by Gasteiger charge is 2.34. The molecule has 7 nitrogen and oxygen atoms in total. The zero-order valence-electron chi connectivity index (χ0n) is 16.8. The van der Waals surface area contributed by atoms with Crippen molar-refractivity contribution in [3.05, 3.63) is 52.9 Å². The maximum atomic E-state index is 12.9. The number of piperazine rings is 1. The first-order valence-electron chi connectivity index (χ1n) is 9.68. The molecule has 150 valence electrons. The normalized spacial score (nSPS) is 17.5. The van der Waals surface area contributed by atoms with Crippen LogP contribution in [0.15, 0.2) is 34.9 Å². The summed E-state index contributed by atoms with van der Waals surface area (Å²) >= 11 is 0. The van der Waals surface area contributed by atoms with Gasteiger partial charge in [0.25, 0.3) is 0 Å². The molecule has 2 heterocycles. The highest BCUT2D eigenvalue weighted by atomic mass is 16.5. The first-order valence-corrected chi connectivity index (χ1v) is 9.68. The second-order valence-electron chi connectivity index (χ2n) is 7.24. The van der Waals surface area contributed by atoms with Crippen molar-refractivity contribution >= 4 is 11.8 Å². The van der Waals surface area contributed by atoms with E-state index in [1.54, 1.807) is 11.9 Å². The van der Waals surface area contributed by atoms with Gasteiger partial charge < -0.3 is 14.7 Å². The summed E-state index contributed by atoms with van der Waals surface area (Å²) in [5.74, 6) is 0.622. The predicted octanol–water partition coefficient (Wildman–Crippen LogP) is 1.68. The third-order valence-electron chi connectivity index (χ3n) is 5.35. The largest absolute Gasteiger partial charge is 0.361 e. The molecule has 1 atom stereocenters. The molecule has 1 N–H and O–H groups in total. The van der Waals surface area contributed by atoms with Gasteiger partial charge >= 0.3 is 0 Å². The van der Waals surface area contributed by atoms with Crippen molar-refractivity contribution < 1.29 is 14.1 Å². The Kier molecular flexibility index (Phi) is 6.46. The van der Waals surface area contributed by atoms with E-state index in [9.17, 15) is 9.59 Å². The van der Waals surface area contributed by atoms with Crippen LogP contribution in [-0.2, 0) is 22.6 Å². The minimum absolute atomic E-state index is 0.00652. The van der Waals surface area contributed by atoms with E-state index in [2.05, 4.69) is 27.5 Å². The molecular weight excluding hydrogens is 356 g/mol. The van der Waals surface area contributed by atoms with Crippen molar-refractivity contribution in [2.75, 3.05) is 26.7 Å². The summed E-state index contributed by atoms with van der Waals surface area (Å²) in [5, 5.41) is 6.65. The molecule has 0 aliphatic carbocycles. The van der Waals surface area contributed by atoms with Crippen molar-refractivity contribution in [3.8, 4) is 0 Å². The maximum Gasteiger partial charge on any atom is 0.243 e. The Bertz CT molecular complexity index is 799. The van der Waals surface area contributed by atoms with Gasteiger partial charge in [-0.1, -0.05) is 35.5 Å². The second-order valence-corrected chi connectivity index (χ2v) is 7.24. The number of hydrogen-bond acceptors (Lipinski definition) is 5. The lowest BCUT2D eigenvalue weighted by molar-refractivity contribution is -0.144. The molecule has 1 aromatic heterocycles. The van der Waals surface area contributed by atoms with E-state index in [4.69, 9.17) is 4.52 Å². The Hall–Kier alpha value is -2.67. The molecule has 3 rings (SSSR count). The molecule has 2 aromatic rings. The average molecular weight is 384 g/mol. The van der Waals surface area contributed by atoms with Gasteiger partial charge in [0.15, 0.2) is 0 Å². The van der Waals surface area contributed by atoms with Crippen LogP contribution in [0.5, 0.6) is 0 Å². The summed E-state index contributed by atoms with van der Waals surface area (Å²) < 4.78 is 5.17. The summed E-state index contributed by atoms with van der Waals surface area (Å²) in [5.41, 5.74) is 3.00. The van der Waals surface area contributed by atoms with Gasteiger partial charge in [-0.15, -0.1) is 0 Å². The Labute approximate surface area is 165 Å². The molecule has 7 heteroatoms. The van der Waals surface area contributed by atoms with E-state index in [1.165, 1.54) is 5.56 Å². The van der Waals surface area contributed by atoms with Crippen LogP contribution in [0.3, 0.4) is 0 Å². The van der Waals surface area contributed by atoms with Crippen molar-refractivity contribution in [1.82, 2.24) is 20.3 Å². The van der Waals surface area contributed by atoms with E-state index in [1.807, 2.05) is 32.0 Å². The Morgan fingerprint density at radius 3 is 2.61 bits per heavy atom. The van der Waals surface area contributed by atoms with Crippen LogP contribution in [0.4, 0.5) is 0 Å². The van der Waals surface area contributed by atoms with Crippen molar-refractivity contribution in [1.29, 1.82) is 0 Å². The lowest BCUT2D eigenvalue weighted by Crippen LogP contribution is -2.60. The molecular formula is C21H28N4O3. The zero-order valence-corrected chi connectivity index (χ0v) is 16.8. The van der Waals surface area contributed by atoms with Gasteiger partial charge in [0.1, 0.15) is 11.8 Å². The van der Waals surface area contributed by atoms with Gasteiger partial charge in [0, 0.05) is 45.2 Å². The predicted molar refractivity (Wildman–Crippen MR) is 106 cm³/mol. The number of nitrogens with zero attached hydrogens (tertiary/aromatic N) is 3. The number of amides is 2. The SMILES string of the molecule is CNC(=O)C1CN(Cc2ccccc2)CCN1C(=O)CCc1c(C)noc1C. The highest BCUT2D eigenvalue weighted by molar-refractivity contribution is 5.88. The molecule has 1 fully saturated rings. The number of hydrogen-bond donors (Lipinski definition) is 1. The molecule has 1 aromatic carbocycles. The molecule has 1 aliphatic rings.